The number of nitrogens with two attached hydrogens (primary N) is 1. The number of anilines is 1. The molecule has 0 spiro atoms. The van der Waals surface area contributed by atoms with Crippen molar-refractivity contribution >= 4 is 28.6 Å². The van der Waals surface area contributed by atoms with Crippen LogP contribution in [0.1, 0.15) is 56.6 Å². The molecule has 9 heteroatoms. The maximum absolute atomic E-state index is 14.6. The SMILES string of the molecule is CC(C)OC(=O)CN[C@@H](C(=O)N1CCCCC1CCOc1ccc2c(N)ncnc2c1)C(c1ccccc1)c1ccccc1. The van der Waals surface area contributed by atoms with Gasteiger partial charge in [-0.25, -0.2) is 9.97 Å². The van der Waals surface area contributed by atoms with Gasteiger partial charge in [0.15, 0.2) is 0 Å². The van der Waals surface area contributed by atoms with Crippen LogP contribution in [-0.2, 0) is 14.3 Å². The highest BCUT2D eigenvalue weighted by molar-refractivity contribution is 5.88. The van der Waals surface area contributed by atoms with Gasteiger partial charge in [0, 0.05) is 36.4 Å². The second kappa shape index (κ2) is 14.8. The molecule has 0 radical (unpaired) electrons. The zero-order valence-electron chi connectivity index (χ0n) is 25.4. The summed E-state index contributed by atoms with van der Waals surface area (Å²) in [7, 11) is 0. The van der Waals surface area contributed by atoms with Crippen molar-refractivity contribution < 1.29 is 19.1 Å². The number of nitrogens with zero attached hydrogens (tertiary/aromatic N) is 3. The first kappa shape index (κ1) is 30.9. The number of ether oxygens (including phenoxy) is 2. The summed E-state index contributed by atoms with van der Waals surface area (Å²) in [5, 5.41) is 4.11. The number of aromatic nitrogens is 2. The highest BCUT2D eigenvalue weighted by Gasteiger charge is 2.37. The van der Waals surface area contributed by atoms with E-state index in [0.717, 1.165) is 41.3 Å². The minimum Gasteiger partial charge on any atom is -0.493 e. The number of rotatable bonds is 12. The van der Waals surface area contributed by atoms with Crippen molar-refractivity contribution in [2.75, 3.05) is 25.4 Å². The minimum absolute atomic E-state index is 0.00814. The minimum atomic E-state index is -0.674. The first-order valence-corrected chi connectivity index (χ1v) is 15.4. The van der Waals surface area contributed by atoms with Gasteiger partial charge < -0.3 is 20.1 Å². The Hall–Kier alpha value is -4.50. The molecule has 0 aliphatic carbocycles. The lowest BCUT2D eigenvalue weighted by molar-refractivity contribution is -0.146. The molecule has 4 aromatic rings. The number of nitrogen functional groups attached to an aromatic ring is 1. The first-order chi connectivity index (χ1) is 21.4. The average Bonchev–Trinajstić information content (AvgIpc) is 3.03. The third kappa shape index (κ3) is 7.71. The molecule has 230 valence electrons. The van der Waals surface area contributed by atoms with E-state index in [1.165, 1.54) is 6.33 Å². The van der Waals surface area contributed by atoms with E-state index in [1.54, 1.807) is 0 Å². The molecule has 2 atom stereocenters. The Kier molecular flexibility index (Phi) is 10.4. The summed E-state index contributed by atoms with van der Waals surface area (Å²) in [5.41, 5.74) is 8.69. The number of likely N-dealkylation sites (tertiary alicyclic amines) is 1. The lowest BCUT2D eigenvalue weighted by Gasteiger charge is -2.40. The van der Waals surface area contributed by atoms with Crippen LogP contribution in [0.15, 0.2) is 85.2 Å². The quantitative estimate of drug-likeness (QED) is 0.217. The summed E-state index contributed by atoms with van der Waals surface area (Å²) in [5.74, 6) is 0.414. The zero-order valence-corrected chi connectivity index (χ0v) is 25.4. The highest BCUT2D eigenvalue weighted by atomic mass is 16.5. The van der Waals surface area contributed by atoms with Gasteiger partial charge in [0.05, 0.1) is 30.8 Å². The van der Waals surface area contributed by atoms with Crippen molar-refractivity contribution in [3.05, 3.63) is 96.3 Å². The number of piperidine rings is 1. The first-order valence-electron chi connectivity index (χ1n) is 15.4. The number of esters is 1. The second-order valence-electron chi connectivity index (χ2n) is 11.5. The monoisotopic (exact) mass is 595 g/mol. The van der Waals surface area contributed by atoms with Gasteiger partial charge in [-0.15, -0.1) is 0 Å². The molecule has 44 heavy (non-hydrogen) atoms. The summed E-state index contributed by atoms with van der Waals surface area (Å²) >= 11 is 0. The number of nitrogens with one attached hydrogen (secondary N) is 1. The Morgan fingerprint density at radius 3 is 2.36 bits per heavy atom. The molecule has 9 nitrogen and oxygen atoms in total. The number of carbonyl (C=O) groups is 2. The van der Waals surface area contributed by atoms with Gasteiger partial charge in [0.1, 0.15) is 17.9 Å². The highest BCUT2D eigenvalue weighted by Crippen LogP contribution is 2.31. The molecule has 1 amide bonds. The molecule has 3 N–H and O–H groups in total. The van der Waals surface area contributed by atoms with E-state index < -0.39 is 6.04 Å². The fraction of sp³-hybridized carbons (Fsp3) is 0.371. The number of carbonyl (C=O) groups excluding carboxylic acids is 2. The van der Waals surface area contributed by atoms with Gasteiger partial charge in [-0.2, -0.15) is 0 Å². The van der Waals surface area contributed by atoms with Crippen LogP contribution in [0.4, 0.5) is 5.82 Å². The van der Waals surface area contributed by atoms with Crippen LogP contribution in [0.2, 0.25) is 0 Å². The predicted octanol–water partition coefficient (Wildman–Crippen LogP) is 5.10. The number of hydrogen-bond acceptors (Lipinski definition) is 8. The molecule has 0 saturated carbocycles. The van der Waals surface area contributed by atoms with Crippen LogP contribution in [0.3, 0.4) is 0 Å². The van der Waals surface area contributed by atoms with Crippen LogP contribution >= 0.6 is 0 Å². The molecule has 1 aliphatic heterocycles. The number of amides is 1. The summed E-state index contributed by atoms with van der Waals surface area (Å²) in [6.45, 7) is 4.67. The topological polar surface area (TPSA) is 120 Å². The van der Waals surface area contributed by atoms with Crippen LogP contribution < -0.4 is 15.8 Å². The van der Waals surface area contributed by atoms with Crippen LogP contribution in [-0.4, -0.2) is 64.6 Å². The van der Waals surface area contributed by atoms with Gasteiger partial charge in [0.25, 0.3) is 0 Å². The van der Waals surface area contributed by atoms with Crippen molar-refractivity contribution in [1.29, 1.82) is 0 Å². The van der Waals surface area contributed by atoms with E-state index in [-0.39, 0.29) is 36.5 Å². The Morgan fingerprint density at radius 2 is 1.68 bits per heavy atom. The molecule has 1 unspecified atom stereocenters. The van der Waals surface area contributed by atoms with E-state index in [0.29, 0.717) is 31.1 Å². The van der Waals surface area contributed by atoms with Crippen molar-refractivity contribution in [2.45, 2.75) is 63.6 Å². The van der Waals surface area contributed by atoms with Gasteiger partial charge in [-0.05, 0) is 56.4 Å². The Labute approximate surface area is 258 Å². The van der Waals surface area contributed by atoms with Crippen LogP contribution in [0.25, 0.3) is 10.9 Å². The molecule has 2 heterocycles. The van der Waals surface area contributed by atoms with E-state index in [9.17, 15) is 9.59 Å². The van der Waals surface area contributed by atoms with Gasteiger partial charge in [-0.3, -0.25) is 14.9 Å². The number of fused-ring (bicyclic) bond motifs is 1. The zero-order chi connectivity index (χ0) is 30.9. The summed E-state index contributed by atoms with van der Waals surface area (Å²) in [6, 6.07) is 24.9. The molecule has 5 rings (SSSR count). The summed E-state index contributed by atoms with van der Waals surface area (Å²) in [6.07, 6.45) is 4.74. The Bertz CT molecular complexity index is 1490. The summed E-state index contributed by atoms with van der Waals surface area (Å²) < 4.78 is 11.5. The van der Waals surface area contributed by atoms with Crippen molar-refractivity contribution in [3.63, 3.8) is 0 Å². The lowest BCUT2D eigenvalue weighted by atomic mass is 9.83. The normalized spacial score (nSPS) is 15.8. The smallest absolute Gasteiger partial charge is 0.320 e. The molecular formula is C35H41N5O4. The van der Waals surface area contributed by atoms with E-state index in [2.05, 4.69) is 15.3 Å². The van der Waals surface area contributed by atoms with Crippen molar-refractivity contribution in [2.24, 2.45) is 0 Å². The average molecular weight is 596 g/mol. The molecule has 1 saturated heterocycles. The number of benzene rings is 3. The molecule has 1 aromatic heterocycles. The van der Waals surface area contributed by atoms with Crippen molar-refractivity contribution in [1.82, 2.24) is 20.2 Å². The van der Waals surface area contributed by atoms with Gasteiger partial charge in [0.2, 0.25) is 5.91 Å². The van der Waals surface area contributed by atoms with E-state index >= 15 is 0 Å². The van der Waals surface area contributed by atoms with Gasteiger partial charge in [-0.1, -0.05) is 60.7 Å². The third-order valence-corrected chi connectivity index (χ3v) is 8.02. The fourth-order valence-corrected chi connectivity index (χ4v) is 5.97. The molecule has 3 aromatic carbocycles. The van der Waals surface area contributed by atoms with E-state index in [1.807, 2.05) is 97.6 Å². The van der Waals surface area contributed by atoms with E-state index in [4.69, 9.17) is 15.2 Å². The molecule has 0 bridgehead atoms. The standard InChI is InChI=1S/C35H41N5O4/c1-24(2)44-31(41)22-37-33(32(25-11-5-3-6-12-25)26-13-7-4-8-14-26)35(42)40-19-10-9-15-27(40)18-20-43-28-16-17-29-30(21-28)38-23-39-34(29)36/h3-8,11-14,16-17,21,23-24,27,32-33,37H,9-10,15,18-20,22H2,1-2H3,(H2,36,38,39)/t27?,33-/m1/s1. The Balaban J connectivity index is 1.37. The maximum atomic E-state index is 14.6. The largest absolute Gasteiger partial charge is 0.493 e. The molecule has 1 fully saturated rings. The maximum Gasteiger partial charge on any atom is 0.320 e. The van der Waals surface area contributed by atoms with Crippen LogP contribution in [0.5, 0.6) is 5.75 Å². The Morgan fingerprint density at radius 1 is 0.977 bits per heavy atom. The predicted molar refractivity (Wildman–Crippen MR) is 171 cm³/mol. The lowest BCUT2D eigenvalue weighted by Crippen LogP contribution is -2.55. The molecule has 1 aliphatic rings. The number of hydrogen-bond donors (Lipinski definition) is 2. The van der Waals surface area contributed by atoms with Crippen LogP contribution in [0, 0.1) is 0 Å². The van der Waals surface area contributed by atoms with Crippen molar-refractivity contribution in [3.8, 4) is 5.75 Å². The second-order valence-corrected chi connectivity index (χ2v) is 11.5. The van der Waals surface area contributed by atoms with Gasteiger partial charge >= 0.3 is 5.97 Å². The fourth-order valence-electron chi connectivity index (χ4n) is 5.97. The third-order valence-electron chi connectivity index (χ3n) is 8.02. The molecular weight excluding hydrogens is 554 g/mol. The summed E-state index contributed by atoms with van der Waals surface area (Å²) in [4.78, 5) is 37.6.